The molecule has 1 unspecified atom stereocenters. The zero-order chi connectivity index (χ0) is 18.1. The topological polar surface area (TPSA) is 61.2 Å². The summed E-state index contributed by atoms with van der Waals surface area (Å²) in [5, 5.41) is 0.593. The van der Waals surface area contributed by atoms with E-state index >= 15 is 0 Å². The molecule has 3 aromatic rings. The third kappa shape index (κ3) is 3.22. The van der Waals surface area contributed by atoms with E-state index in [1.54, 1.807) is 13.8 Å². The van der Waals surface area contributed by atoms with Crippen LogP contribution in [0, 0.1) is 20.8 Å². The predicted octanol–water partition coefficient (Wildman–Crippen LogP) is 3.69. The number of esters is 1. The summed E-state index contributed by atoms with van der Waals surface area (Å²) in [4.78, 5) is 31.7. The van der Waals surface area contributed by atoms with Gasteiger partial charge in [-0.3, -0.25) is 9.36 Å². The van der Waals surface area contributed by atoms with Crippen molar-refractivity contribution >= 4 is 27.5 Å². The fourth-order valence-electron chi connectivity index (χ4n) is 2.82. The summed E-state index contributed by atoms with van der Waals surface area (Å²) in [6, 6.07) is 8.73. The Morgan fingerprint density at radius 2 is 1.92 bits per heavy atom. The van der Waals surface area contributed by atoms with Gasteiger partial charge in [0.2, 0.25) is 0 Å². The molecule has 0 bridgehead atoms. The van der Waals surface area contributed by atoms with Gasteiger partial charge in [0.05, 0.1) is 5.39 Å². The highest BCUT2D eigenvalue weighted by molar-refractivity contribution is 7.18. The molecule has 0 aliphatic carbocycles. The van der Waals surface area contributed by atoms with Crippen LogP contribution in [0.5, 0.6) is 0 Å². The molecule has 2 aromatic heterocycles. The van der Waals surface area contributed by atoms with Gasteiger partial charge >= 0.3 is 5.97 Å². The number of aromatic nitrogens is 2. The monoisotopic (exact) mass is 356 g/mol. The van der Waals surface area contributed by atoms with Crippen LogP contribution in [0.3, 0.4) is 0 Å². The Bertz CT molecular complexity index is 989. The maximum absolute atomic E-state index is 12.9. The normalized spacial score (nSPS) is 12.3. The molecule has 25 heavy (non-hydrogen) atoms. The Labute approximate surface area is 149 Å². The van der Waals surface area contributed by atoms with Gasteiger partial charge in [-0.1, -0.05) is 30.3 Å². The molecule has 0 fully saturated rings. The largest absolute Gasteiger partial charge is 0.459 e. The van der Waals surface area contributed by atoms with Crippen LogP contribution in [0.2, 0.25) is 0 Å². The van der Waals surface area contributed by atoms with Crippen molar-refractivity contribution in [3.8, 4) is 0 Å². The van der Waals surface area contributed by atoms with Crippen LogP contribution in [-0.2, 0) is 16.1 Å². The number of rotatable bonds is 4. The van der Waals surface area contributed by atoms with Crippen molar-refractivity contribution in [3.63, 3.8) is 0 Å². The number of nitrogens with zero attached hydrogens (tertiary/aromatic N) is 2. The minimum atomic E-state index is -0.729. The van der Waals surface area contributed by atoms with E-state index in [1.165, 1.54) is 15.9 Å². The molecule has 1 aromatic carbocycles. The smallest absolute Gasteiger partial charge is 0.329 e. The molecule has 0 aliphatic rings. The van der Waals surface area contributed by atoms with E-state index in [1.807, 2.05) is 44.2 Å². The van der Waals surface area contributed by atoms with Crippen LogP contribution < -0.4 is 5.56 Å². The van der Waals surface area contributed by atoms with E-state index in [2.05, 4.69) is 4.98 Å². The van der Waals surface area contributed by atoms with Crippen molar-refractivity contribution in [2.45, 2.75) is 40.3 Å². The van der Waals surface area contributed by atoms with Crippen molar-refractivity contribution in [1.29, 1.82) is 0 Å². The minimum Gasteiger partial charge on any atom is -0.459 e. The molecule has 0 radical (unpaired) electrons. The molecule has 3 rings (SSSR count). The first-order valence-corrected chi connectivity index (χ1v) is 8.91. The van der Waals surface area contributed by atoms with Gasteiger partial charge in [0.15, 0.2) is 0 Å². The first-order chi connectivity index (χ1) is 11.9. The number of aryl methyl sites for hydroxylation is 3. The van der Waals surface area contributed by atoms with Gasteiger partial charge in [-0.15, -0.1) is 11.3 Å². The van der Waals surface area contributed by atoms with Gasteiger partial charge in [-0.25, -0.2) is 9.78 Å². The van der Waals surface area contributed by atoms with Crippen molar-refractivity contribution in [1.82, 2.24) is 9.55 Å². The Kier molecular flexibility index (Phi) is 4.72. The first kappa shape index (κ1) is 17.4. The summed E-state index contributed by atoms with van der Waals surface area (Å²) in [5.74, 6) is 0.0720. The molecular weight excluding hydrogens is 336 g/mol. The molecule has 0 saturated carbocycles. The fraction of sp³-hybridized carbons (Fsp3) is 0.316. The summed E-state index contributed by atoms with van der Waals surface area (Å²) in [6.07, 6.45) is 0. The van der Waals surface area contributed by atoms with Gasteiger partial charge in [-0.05, 0) is 38.8 Å². The second-order valence-corrected chi connectivity index (χ2v) is 7.27. The van der Waals surface area contributed by atoms with Crippen LogP contribution in [0.1, 0.15) is 34.8 Å². The van der Waals surface area contributed by atoms with Crippen molar-refractivity contribution < 1.29 is 9.53 Å². The molecule has 0 amide bonds. The van der Waals surface area contributed by atoms with Crippen molar-refractivity contribution in [3.05, 3.63) is 62.5 Å². The zero-order valence-electron chi connectivity index (χ0n) is 14.7. The molecule has 0 aliphatic heterocycles. The Hall–Kier alpha value is -2.47. The van der Waals surface area contributed by atoms with Crippen LogP contribution in [0.25, 0.3) is 10.2 Å². The van der Waals surface area contributed by atoms with E-state index < -0.39 is 12.0 Å². The van der Waals surface area contributed by atoms with Crippen molar-refractivity contribution in [2.24, 2.45) is 0 Å². The van der Waals surface area contributed by atoms with Gasteiger partial charge in [0.25, 0.3) is 5.56 Å². The molecular formula is C19H20N2O3S. The minimum absolute atomic E-state index is 0.185. The first-order valence-electron chi connectivity index (χ1n) is 8.09. The Morgan fingerprint density at radius 1 is 1.24 bits per heavy atom. The lowest BCUT2D eigenvalue weighted by Gasteiger charge is -2.17. The third-order valence-electron chi connectivity index (χ3n) is 4.36. The summed E-state index contributed by atoms with van der Waals surface area (Å²) >= 11 is 1.50. The number of ether oxygens (including phenoxy) is 1. The lowest BCUT2D eigenvalue weighted by molar-refractivity contribution is -0.148. The standard InChI is InChI=1S/C19H20N2O3S/c1-11-13(3)25-17-16(11)18(22)21(14(4)20-17)12(2)19(23)24-10-15-8-6-5-7-9-15/h5-9,12H,10H2,1-4H3. The highest BCUT2D eigenvalue weighted by atomic mass is 32.1. The number of benzene rings is 1. The number of carbonyl (C=O) groups excluding carboxylic acids is 1. The highest BCUT2D eigenvalue weighted by Gasteiger charge is 2.23. The predicted molar refractivity (Wildman–Crippen MR) is 99.0 cm³/mol. The molecule has 1 atom stereocenters. The van der Waals surface area contributed by atoms with Crippen LogP contribution in [-0.4, -0.2) is 15.5 Å². The van der Waals surface area contributed by atoms with Crippen LogP contribution >= 0.6 is 11.3 Å². The molecule has 6 heteroatoms. The summed E-state index contributed by atoms with van der Waals surface area (Å²) in [6.45, 7) is 7.48. The number of hydrogen-bond acceptors (Lipinski definition) is 5. The second-order valence-electron chi connectivity index (χ2n) is 6.07. The molecule has 5 nitrogen and oxygen atoms in total. The Balaban J connectivity index is 1.91. The fourth-order valence-corrected chi connectivity index (χ4v) is 3.88. The number of thiophene rings is 1. The maximum atomic E-state index is 12.9. The quantitative estimate of drug-likeness (QED) is 0.669. The number of carbonyl (C=O) groups is 1. The van der Waals surface area contributed by atoms with Gasteiger partial charge in [-0.2, -0.15) is 0 Å². The van der Waals surface area contributed by atoms with E-state index in [0.717, 1.165) is 20.8 Å². The maximum Gasteiger partial charge on any atom is 0.329 e. The van der Waals surface area contributed by atoms with E-state index in [4.69, 9.17) is 4.74 Å². The summed E-state index contributed by atoms with van der Waals surface area (Å²) < 4.78 is 6.80. The molecule has 0 saturated heterocycles. The van der Waals surface area contributed by atoms with E-state index in [0.29, 0.717) is 11.2 Å². The van der Waals surface area contributed by atoms with E-state index in [-0.39, 0.29) is 12.2 Å². The molecule has 0 spiro atoms. The molecule has 0 N–H and O–H groups in total. The number of hydrogen-bond donors (Lipinski definition) is 0. The highest BCUT2D eigenvalue weighted by Crippen LogP contribution is 2.27. The lowest BCUT2D eigenvalue weighted by Crippen LogP contribution is -2.31. The van der Waals surface area contributed by atoms with Gasteiger partial charge < -0.3 is 4.74 Å². The third-order valence-corrected chi connectivity index (χ3v) is 5.46. The van der Waals surface area contributed by atoms with Gasteiger partial charge in [0, 0.05) is 4.88 Å². The second kappa shape index (κ2) is 6.80. The number of fused-ring (bicyclic) bond motifs is 1. The lowest BCUT2D eigenvalue weighted by atomic mass is 10.2. The average Bonchev–Trinajstić information content (AvgIpc) is 2.87. The SMILES string of the molecule is Cc1sc2nc(C)n(C(C)C(=O)OCc3ccccc3)c(=O)c2c1C. The Morgan fingerprint density at radius 3 is 2.60 bits per heavy atom. The van der Waals surface area contributed by atoms with Gasteiger partial charge in [0.1, 0.15) is 23.3 Å². The average molecular weight is 356 g/mol. The van der Waals surface area contributed by atoms with Crippen molar-refractivity contribution in [2.75, 3.05) is 0 Å². The summed E-state index contributed by atoms with van der Waals surface area (Å²) in [5.41, 5.74) is 1.65. The zero-order valence-corrected chi connectivity index (χ0v) is 15.5. The molecule has 130 valence electrons. The van der Waals surface area contributed by atoms with Crippen LogP contribution in [0.15, 0.2) is 35.1 Å². The van der Waals surface area contributed by atoms with E-state index in [9.17, 15) is 9.59 Å². The molecule has 2 heterocycles. The van der Waals surface area contributed by atoms with Crippen LogP contribution in [0.4, 0.5) is 0 Å². The summed E-state index contributed by atoms with van der Waals surface area (Å²) in [7, 11) is 0.